The number of anilines is 1. The number of carbonyl (C=O) groups excluding carboxylic acids is 2. The maximum absolute atomic E-state index is 15.1. The number of amides is 1. The van der Waals surface area contributed by atoms with E-state index in [2.05, 4.69) is 0 Å². The number of hydrogen-bond donors (Lipinski definition) is 0. The molecule has 1 aromatic heterocycles. The van der Waals surface area contributed by atoms with E-state index < -0.39 is 11.2 Å². The van der Waals surface area contributed by atoms with Crippen LogP contribution in [0.2, 0.25) is 0 Å². The maximum Gasteiger partial charge on any atom is 0.258 e. The van der Waals surface area contributed by atoms with Crippen LogP contribution in [-0.2, 0) is 6.54 Å². The number of rotatable bonds is 5. The summed E-state index contributed by atoms with van der Waals surface area (Å²) in [6.07, 6.45) is 1.50. The lowest BCUT2D eigenvalue weighted by Crippen LogP contribution is -2.27. The zero-order valence-electron chi connectivity index (χ0n) is 17.7. The second-order valence-corrected chi connectivity index (χ2v) is 7.59. The highest BCUT2D eigenvalue weighted by Crippen LogP contribution is 2.26. The molecule has 0 N–H and O–H groups in total. The Bertz CT molecular complexity index is 1380. The van der Waals surface area contributed by atoms with Gasteiger partial charge in [0.25, 0.3) is 5.91 Å². The summed E-state index contributed by atoms with van der Waals surface area (Å²) in [5, 5.41) is 0.0930. The monoisotopic (exact) mass is 428 g/mol. The summed E-state index contributed by atoms with van der Waals surface area (Å²) in [5.74, 6) is -1.48. The summed E-state index contributed by atoms with van der Waals surface area (Å²) >= 11 is 0. The number of hydrogen-bond acceptors (Lipinski definition) is 3. The van der Waals surface area contributed by atoms with Crippen molar-refractivity contribution in [2.24, 2.45) is 0 Å². The van der Waals surface area contributed by atoms with Crippen LogP contribution in [0.15, 0.2) is 83.8 Å². The van der Waals surface area contributed by atoms with Crippen molar-refractivity contribution >= 4 is 28.3 Å². The minimum absolute atomic E-state index is 0.00528. The molecule has 160 valence electrons. The third-order valence-electron chi connectivity index (χ3n) is 5.41. The topological polar surface area (TPSA) is 59.4 Å². The van der Waals surface area contributed by atoms with E-state index >= 15 is 4.39 Å². The maximum atomic E-state index is 15.1. The lowest BCUT2D eigenvalue weighted by molar-refractivity contribution is 0.0989. The predicted octanol–water partition coefficient (Wildman–Crippen LogP) is 4.67. The lowest BCUT2D eigenvalue weighted by atomic mass is 10.1. The molecule has 4 rings (SSSR count). The first-order chi connectivity index (χ1) is 15.4. The molecule has 1 amide bonds. The summed E-state index contributed by atoms with van der Waals surface area (Å²) in [4.78, 5) is 39.0. The molecule has 5 nitrogen and oxygen atoms in total. The largest absolute Gasteiger partial charge is 0.342 e. The van der Waals surface area contributed by atoms with Crippen LogP contribution >= 0.6 is 0 Å². The van der Waals surface area contributed by atoms with Crippen molar-refractivity contribution in [1.82, 2.24) is 4.57 Å². The molecule has 0 unspecified atom stereocenters. The molecule has 0 aliphatic heterocycles. The highest BCUT2D eigenvalue weighted by molar-refractivity contribution is 6.06. The first-order valence-electron chi connectivity index (χ1n) is 10.1. The van der Waals surface area contributed by atoms with Crippen LogP contribution in [0.3, 0.4) is 0 Å². The second-order valence-electron chi connectivity index (χ2n) is 7.59. The van der Waals surface area contributed by atoms with Gasteiger partial charge in [-0.05, 0) is 36.8 Å². The van der Waals surface area contributed by atoms with Gasteiger partial charge in [-0.2, -0.15) is 0 Å². The van der Waals surface area contributed by atoms with Gasteiger partial charge in [0, 0.05) is 30.7 Å². The Kier molecular flexibility index (Phi) is 5.69. The van der Waals surface area contributed by atoms with E-state index in [1.54, 1.807) is 34.9 Å². The van der Waals surface area contributed by atoms with Gasteiger partial charge in [-0.1, -0.05) is 48.5 Å². The van der Waals surface area contributed by atoms with Crippen molar-refractivity contribution < 1.29 is 14.0 Å². The Hall–Kier alpha value is -4.06. The Morgan fingerprint density at radius 3 is 2.22 bits per heavy atom. The van der Waals surface area contributed by atoms with Gasteiger partial charge in [0.05, 0.1) is 16.8 Å². The molecule has 0 fully saturated rings. The van der Waals surface area contributed by atoms with Crippen LogP contribution in [0.4, 0.5) is 10.1 Å². The smallest absolute Gasteiger partial charge is 0.258 e. The van der Waals surface area contributed by atoms with Crippen molar-refractivity contribution in [2.75, 3.05) is 11.9 Å². The van der Waals surface area contributed by atoms with Gasteiger partial charge in [0.15, 0.2) is 11.2 Å². The first-order valence-corrected chi connectivity index (χ1v) is 10.1. The van der Waals surface area contributed by atoms with Crippen LogP contribution in [0.5, 0.6) is 0 Å². The fourth-order valence-corrected chi connectivity index (χ4v) is 3.70. The predicted molar refractivity (Wildman–Crippen MR) is 123 cm³/mol. The summed E-state index contributed by atoms with van der Waals surface area (Å²) in [5.41, 5.74) is 1.32. The SMILES string of the molecule is CC(=O)c1cn(Cc2ccccc2)c2cc(N(C)C(=O)c3ccccc3)c(F)cc2c1=O. The van der Waals surface area contributed by atoms with Gasteiger partial charge in [-0.15, -0.1) is 0 Å². The quantitative estimate of drug-likeness (QED) is 0.434. The molecule has 32 heavy (non-hydrogen) atoms. The Morgan fingerprint density at radius 2 is 1.59 bits per heavy atom. The van der Waals surface area contributed by atoms with Crippen molar-refractivity contribution in [2.45, 2.75) is 13.5 Å². The standard InChI is InChI=1S/C26H21FN2O3/c1-17(30)21-16-29(15-18-9-5-3-6-10-18)23-14-24(22(27)13-20(23)25(21)31)28(2)26(32)19-11-7-4-8-12-19/h3-14,16H,15H2,1-2H3. The average molecular weight is 428 g/mol. The van der Waals surface area contributed by atoms with Gasteiger partial charge in [0.1, 0.15) is 5.82 Å². The minimum atomic E-state index is -0.714. The molecule has 0 aliphatic carbocycles. The summed E-state index contributed by atoms with van der Waals surface area (Å²) in [6.45, 7) is 1.69. The van der Waals surface area contributed by atoms with Gasteiger partial charge in [-0.25, -0.2) is 4.39 Å². The Labute approximate surface area is 184 Å². The molecule has 0 aliphatic rings. The fraction of sp³-hybridized carbons (Fsp3) is 0.115. The number of fused-ring (bicyclic) bond motifs is 1. The van der Waals surface area contributed by atoms with Crippen molar-refractivity contribution in [3.63, 3.8) is 0 Å². The lowest BCUT2D eigenvalue weighted by Gasteiger charge is -2.20. The van der Waals surface area contributed by atoms with E-state index in [4.69, 9.17) is 0 Å². The zero-order chi connectivity index (χ0) is 22.8. The number of nitrogens with zero attached hydrogens (tertiary/aromatic N) is 2. The van der Waals surface area contributed by atoms with Gasteiger partial charge in [0.2, 0.25) is 0 Å². The molecule has 0 radical (unpaired) electrons. The number of ketones is 1. The molecule has 0 atom stereocenters. The van der Waals surface area contributed by atoms with E-state index in [1.165, 1.54) is 31.1 Å². The third kappa shape index (κ3) is 3.95. The number of halogens is 1. The van der Waals surface area contributed by atoms with E-state index in [0.29, 0.717) is 17.6 Å². The third-order valence-corrected chi connectivity index (χ3v) is 5.41. The van der Waals surface area contributed by atoms with E-state index in [-0.39, 0.29) is 28.3 Å². The molecule has 1 heterocycles. The normalized spacial score (nSPS) is 10.8. The van der Waals surface area contributed by atoms with Crippen LogP contribution in [0.25, 0.3) is 10.9 Å². The molecule has 0 bridgehead atoms. The van der Waals surface area contributed by atoms with E-state index in [1.807, 2.05) is 30.3 Å². The number of pyridine rings is 1. The molecule has 0 spiro atoms. The molecule has 0 saturated carbocycles. The van der Waals surface area contributed by atoms with Crippen molar-refractivity contribution in [3.05, 3.63) is 112 Å². The van der Waals surface area contributed by atoms with E-state index in [0.717, 1.165) is 11.6 Å². The molecule has 3 aromatic carbocycles. The van der Waals surface area contributed by atoms with Crippen LogP contribution in [0.1, 0.15) is 33.2 Å². The number of benzene rings is 3. The minimum Gasteiger partial charge on any atom is -0.342 e. The first kappa shape index (κ1) is 21.2. The van der Waals surface area contributed by atoms with E-state index in [9.17, 15) is 14.4 Å². The molecule has 4 aromatic rings. The zero-order valence-corrected chi connectivity index (χ0v) is 17.7. The van der Waals surface area contributed by atoms with Crippen molar-refractivity contribution in [1.29, 1.82) is 0 Å². The average Bonchev–Trinajstić information content (AvgIpc) is 2.80. The fourth-order valence-electron chi connectivity index (χ4n) is 3.70. The van der Waals surface area contributed by atoms with Gasteiger partial charge < -0.3 is 9.47 Å². The molecule has 6 heteroatoms. The van der Waals surface area contributed by atoms with Gasteiger partial charge >= 0.3 is 0 Å². The summed E-state index contributed by atoms with van der Waals surface area (Å²) < 4.78 is 16.8. The number of carbonyl (C=O) groups is 2. The van der Waals surface area contributed by atoms with Crippen LogP contribution in [0, 0.1) is 5.82 Å². The number of aromatic nitrogens is 1. The molecular weight excluding hydrogens is 407 g/mol. The Morgan fingerprint density at radius 1 is 0.969 bits per heavy atom. The number of Topliss-reactive ketones (excluding diaryl/α,β-unsaturated/α-hetero) is 1. The second kappa shape index (κ2) is 8.59. The van der Waals surface area contributed by atoms with Crippen LogP contribution in [-0.4, -0.2) is 23.3 Å². The highest BCUT2D eigenvalue weighted by Gasteiger charge is 2.20. The molecule has 0 saturated heterocycles. The molecular formula is C26H21FN2O3. The highest BCUT2D eigenvalue weighted by atomic mass is 19.1. The van der Waals surface area contributed by atoms with Crippen molar-refractivity contribution in [3.8, 4) is 0 Å². The summed E-state index contributed by atoms with van der Waals surface area (Å²) in [6, 6.07) is 20.7. The van der Waals surface area contributed by atoms with Gasteiger partial charge in [-0.3, -0.25) is 14.4 Å². The Balaban J connectivity index is 1.90. The van der Waals surface area contributed by atoms with Crippen LogP contribution < -0.4 is 10.3 Å². The summed E-state index contributed by atoms with van der Waals surface area (Å²) in [7, 11) is 1.49.